The lowest BCUT2D eigenvalue weighted by Crippen LogP contribution is -2.64. The Labute approximate surface area is 65.3 Å². The van der Waals surface area contributed by atoms with Crippen LogP contribution in [0, 0.1) is 0 Å². The van der Waals surface area contributed by atoms with Crippen molar-refractivity contribution < 1.29 is 9.53 Å². The number of carbonyl (C=O) groups is 1. The first kappa shape index (κ1) is 6.14. The quantitative estimate of drug-likeness (QED) is 0.507. The van der Waals surface area contributed by atoms with E-state index in [1.165, 1.54) is 0 Å². The van der Waals surface area contributed by atoms with Crippen LogP contribution in [0.2, 0.25) is 0 Å². The van der Waals surface area contributed by atoms with Gasteiger partial charge >= 0.3 is 0 Å². The number of Topliss-reactive ketones (excluding diaryl/α,β-unsaturated/α-hetero) is 1. The van der Waals surface area contributed by atoms with E-state index in [0.717, 1.165) is 26.0 Å². The molecule has 3 aliphatic heterocycles. The normalized spacial score (nSPS) is 48.7. The lowest BCUT2D eigenvalue weighted by Gasteiger charge is -2.52. The van der Waals surface area contributed by atoms with Crippen molar-refractivity contribution in [3.05, 3.63) is 0 Å². The van der Waals surface area contributed by atoms with Crippen molar-refractivity contribution in [2.24, 2.45) is 0 Å². The molecule has 2 unspecified atom stereocenters. The van der Waals surface area contributed by atoms with E-state index in [-0.39, 0.29) is 5.72 Å². The zero-order valence-corrected chi connectivity index (χ0v) is 6.38. The molecule has 3 aliphatic rings. The van der Waals surface area contributed by atoms with Crippen molar-refractivity contribution in [1.29, 1.82) is 0 Å². The number of nitrogens with zero attached hydrogens (tertiary/aromatic N) is 1. The molecular formula is C8H11NO2. The van der Waals surface area contributed by atoms with E-state index in [1.54, 1.807) is 0 Å². The predicted octanol–water partition coefficient (Wildman–Crippen LogP) is 0.498. The van der Waals surface area contributed by atoms with Crippen molar-refractivity contribution in [1.82, 2.24) is 4.90 Å². The fourth-order valence-corrected chi connectivity index (χ4v) is 2.62. The van der Waals surface area contributed by atoms with Gasteiger partial charge in [-0.1, -0.05) is 0 Å². The first-order valence-corrected chi connectivity index (χ1v) is 4.23. The molecule has 0 aliphatic carbocycles. The molecule has 3 rings (SSSR count). The van der Waals surface area contributed by atoms with Crippen LogP contribution in [-0.4, -0.2) is 29.2 Å². The Kier molecular flexibility index (Phi) is 0.932. The van der Waals surface area contributed by atoms with Crippen LogP contribution in [-0.2, 0) is 9.53 Å². The summed E-state index contributed by atoms with van der Waals surface area (Å²) >= 11 is 0. The first-order chi connectivity index (χ1) is 5.30. The molecule has 3 saturated heterocycles. The first-order valence-electron chi connectivity index (χ1n) is 4.23. The fourth-order valence-electron chi connectivity index (χ4n) is 2.62. The molecule has 0 saturated carbocycles. The Morgan fingerprint density at radius 2 is 2.55 bits per heavy atom. The Morgan fingerprint density at radius 1 is 1.64 bits per heavy atom. The van der Waals surface area contributed by atoms with Gasteiger partial charge in [-0.05, 0) is 12.8 Å². The minimum absolute atomic E-state index is 0.111. The van der Waals surface area contributed by atoms with Gasteiger partial charge in [0.2, 0.25) is 0 Å². The fraction of sp³-hybridized carbons (Fsp3) is 0.875. The second kappa shape index (κ2) is 1.67. The molecule has 0 aromatic heterocycles. The zero-order valence-electron chi connectivity index (χ0n) is 6.38. The number of piperidine rings is 1. The van der Waals surface area contributed by atoms with Crippen LogP contribution in [0.5, 0.6) is 0 Å². The molecule has 0 N–H and O–H groups in total. The molecule has 2 bridgehead atoms. The highest BCUT2D eigenvalue weighted by atomic mass is 16.6. The van der Waals surface area contributed by atoms with Gasteiger partial charge in [-0.2, -0.15) is 0 Å². The van der Waals surface area contributed by atoms with Crippen molar-refractivity contribution in [2.45, 2.75) is 37.5 Å². The third-order valence-electron chi connectivity index (χ3n) is 3.24. The maximum absolute atomic E-state index is 11.2. The molecular weight excluding hydrogens is 142 g/mol. The van der Waals surface area contributed by atoms with E-state index in [4.69, 9.17) is 4.74 Å². The van der Waals surface area contributed by atoms with Crippen LogP contribution in [0.4, 0.5) is 0 Å². The highest BCUT2D eigenvalue weighted by Gasteiger charge is 2.58. The monoisotopic (exact) mass is 153 g/mol. The number of hydrogen-bond donors (Lipinski definition) is 0. The Hall–Kier alpha value is -0.410. The van der Waals surface area contributed by atoms with Crippen molar-refractivity contribution >= 4 is 5.78 Å². The van der Waals surface area contributed by atoms with Crippen molar-refractivity contribution in [3.8, 4) is 0 Å². The van der Waals surface area contributed by atoms with Crippen LogP contribution in [0.15, 0.2) is 0 Å². The molecule has 0 spiro atoms. The minimum Gasteiger partial charge on any atom is -0.344 e. The van der Waals surface area contributed by atoms with Gasteiger partial charge in [-0.25, -0.2) is 4.90 Å². The second-order valence-corrected chi connectivity index (χ2v) is 3.80. The zero-order chi connectivity index (χ0) is 7.47. The van der Waals surface area contributed by atoms with E-state index in [2.05, 4.69) is 4.90 Å². The average molecular weight is 153 g/mol. The van der Waals surface area contributed by atoms with E-state index < -0.39 is 0 Å². The number of hydrogen-bond acceptors (Lipinski definition) is 3. The lowest BCUT2D eigenvalue weighted by molar-refractivity contribution is -0.298. The van der Waals surface area contributed by atoms with Gasteiger partial charge in [-0.15, -0.1) is 0 Å². The summed E-state index contributed by atoms with van der Waals surface area (Å²) < 4.78 is 5.49. The summed E-state index contributed by atoms with van der Waals surface area (Å²) in [6.07, 6.45) is 3.64. The number of rotatable bonds is 0. The summed E-state index contributed by atoms with van der Waals surface area (Å²) in [4.78, 5) is 13.6. The van der Waals surface area contributed by atoms with Crippen LogP contribution in [0.25, 0.3) is 0 Å². The molecule has 0 aromatic carbocycles. The summed E-state index contributed by atoms with van der Waals surface area (Å²) in [5.41, 5.74) is -0.111. The highest BCUT2D eigenvalue weighted by molar-refractivity contribution is 5.81. The van der Waals surface area contributed by atoms with E-state index in [9.17, 15) is 4.79 Å². The SMILES string of the molecule is O=C1CC2CCC3(C1)OCN23. The third kappa shape index (κ3) is 0.590. The summed E-state index contributed by atoms with van der Waals surface area (Å²) in [5.74, 6) is 0.392. The molecule has 3 heterocycles. The number of ketones is 1. The Balaban J connectivity index is 1.98. The number of carbonyl (C=O) groups excluding carboxylic acids is 1. The summed E-state index contributed by atoms with van der Waals surface area (Å²) in [6.45, 7) is 0.762. The average Bonchev–Trinajstić information content (AvgIpc) is 2.16. The molecule has 0 aromatic rings. The number of ether oxygens (including phenoxy) is 1. The molecule has 11 heavy (non-hydrogen) atoms. The molecule has 3 nitrogen and oxygen atoms in total. The molecule has 0 radical (unpaired) electrons. The van der Waals surface area contributed by atoms with Gasteiger partial charge in [0.1, 0.15) is 18.2 Å². The maximum Gasteiger partial charge on any atom is 0.138 e. The van der Waals surface area contributed by atoms with Gasteiger partial charge in [0, 0.05) is 18.9 Å². The molecule has 3 fully saturated rings. The topological polar surface area (TPSA) is 29.5 Å². The lowest BCUT2D eigenvalue weighted by atomic mass is 9.97. The molecule has 2 atom stereocenters. The summed E-state index contributed by atoms with van der Waals surface area (Å²) in [5, 5.41) is 0. The van der Waals surface area contributed by atoms with Gasteiger partial charge < -0.3 is 4.74 Å². The minimum atomic E-state index is -0.111. The van der Waals surface area contributed by atoms with Gasteiger partial charge in [0.15, 0.2) is 0 Å². The maximum atomic E-state index is 11.2. The Bertz CT molecular complexity index is 228. The van der Waals surface area contributed by atoms with E-state index in [0.29, 0.717) is 18.2 Å². The van der Waals surface area contributed by atoms with Crippen molar-refractivity contribution in [2.75, 3.05) is 6.73 Å². The molecule has 0 amide bonds. The van der Waals surface area contributed by atoms with Crippen LogP contribution >= 0.6 is 0 Å². The molecule has 60 valence electrons. The van der Waals surface area contributed by atoms with Gasteiger partial charge in [0.25, 0.3) is 0 Å². The predicted molar refractivity (Wildman–Crippen MR) is 37.8 cm³/mol. The van der Waals surface area contributed by atoms with Gasteiger partial charge in [-0.3, -0.25) is 4.79 Å². The van der Waals surface area contributed by atoms with E-state index in [1.807, 2.05) is 0 Å². The van der Waals surface area contributed by atoms with Crippen LogP contribution in [0.1, 0.15) is 25.7 Å². The van der Waals surface area contributed by atoms with Crippen LogP contribution in [0.3, 0.4) is 0 Å². The smallest absolute Gasteiger partial charge is 0.138 e. The van der Waals surface area contributed by atoms with Crippen LogP contribution < -0.4 is 0 Å². The molecule has 3 heteroatoms. The van der Waals surface area contributed by atoms with Gasteiger partial charge in [0.05, 0.1) is 0 Å². The highest BCUT2D eigenvalue weighted by Crippen LogP contribution is 2.48. The summed E-state index contributed by atoms with van der Waals surface area (Å²) in [6, 6.07) is 0.519. The van der Waals surface area contributed by atoms with E-state index >= 15 is 0 Å². The summed E-state index contributed by atoms with van der Waals surface area (Å²) in [7, 11) is 0. The van der Waals surface area contributed by atoms with Crippen molar-refractivity contribution in [3.63, 3.8) is 0 Å². The Morgan fingerprint density at radius 3 is 3.18 bits per heavy atom. The second-order valence-electron chi connectivity index (χ2n) is 3.80. The third-order valence-corrected chi connectivity index (χ3v) is 3.24. The largest absolute Gasteiger partial charge is 0.344 e. The standard InChI is InChI=1S/C8H11NO2/c10-7-3-6-1-2-8(4-7)9(6)5-11-8/h6H,1-5H2.